The van der Waals surface area contributed by atoms with E-state index in [1.807, 2.05) is 0 Å². The fourth-order valence-electron chi connectivity index (χ4n) is 3.22. The first kappa shape index (κ1) is 25.7. The highest BCUT2D eigenvalue weighted by Crippen LogP contribution is 2.21. The predicted octanol–water partition coefficient (Wildman–Crippen LogP) is 2.50. The second-order valence-electron chi connectivity index (χ2n) is 7.09. The summed E-state index contributed by atoms with van der Waals surface area (Å²) >= 11 is 1.14. The van der Waals surface area contributed by atoms with E-state index in [-0.39, 0.29) is 53.6 Å². The Kier molecular flexibility index (Phi) is 8.71. The highest BCUT2D eigenvalue weighted by atomic mass is 32.2. The number of rotatable bonds is 10. The summed E-state index contributed by atoms with van der Waals surface area (Å²) in [5, 5.41) is 0. The third-order valence-corrected chi connectivity index (χ3v) is 7.88. The molecule has 1 aromatic heterocycles. The number of methoxy groups -OCH3 is 2. The van der Waals surface area contributed by atoms with Gasteiger partial charge >= 0.3 is 0 Å². The molecule has 8 nitrogen and oxygen atoms in total. The number of sulfonamides is 1. The Morgan fingerprint density at radius 2 is 1.79 bits per heavy atom. The van der Waals surface area contributed by atoms with Crippen molar-refractivity contribution in [2.75, 3.05) is 40.5 Å². The molecule has 0 aliphatic carbocycles. The molecule has 0 unspecified atom stereocenters. The van der Waals surface area contributed by atoms with Gasteiger partial charge in [-0.1, -0.05) is 23.3 Å². The van der Waals surface area contributed by atoms with Crippen molar-refractivity contribution in [2.24, 2.45) is 4.99 Å². The lowest BCUT2D eigenvalue weighted by Crippen LogP contribution is -2.36. The van der Waals surface area contributed by atoms with Crippen LogP contribution in [0.4, 0.5) is 4.39 Å². The number of halogens is 1. The van der Waals surface area contributed by atoms with Gasteiger partial charge < -0.3 is 14.0 Å². The predicted molar refractivity (Wildman–Crippen MR) is 127 cm³/mol. The summed E-state index contributed by atoms with van der Waals surface area (Å²) in [5.41, 5.74) is 0.468. The molecule has 3 aromatic rings. The average Bonchev–Trinajstić information content (AvgIpc) is 3.17. The van der Waals surface area contributed by atoms with Crippen molar-refractivity contribution in [1.82, 2.24) is 8.87 Å². The molecular weight excluding hydrogens is 481 g/mol. The molecule has 0 bridgehead atoms. The van der Waals surface area contributed by atoms with Crippen molar-refractivity contribution in [3.63, 3.8) is 0 Å². The summed E-state index contributed by atoms with van der Waals surface area (Å²) in [5.74, 6) is 1.39. The number of para-hydroxylation sites is 1. The number of thiazole rings is 1. The maximum absolute atomic E-state index is 14.3. The number of hydrogen-bond donors (Lipinski definition) is 0. The summed E-state index contributed by atoms with van der Waals surface area (Å²) in [6.07, 6.45) is 5.42. The SMILES string of the molecule is C#CCn1c(=NC(=O)c2ccc(S(=O)(=O)N(CCOC)CCOC)cc2)sc2cccc(F)c21. The average molecular weight is 506 g/mol. The highest BCUT2D eigenvalue weighted by molar-refractivity contribution is 7.89. The van der Waals surface area contributed by atoms with Crippen molar-refractivity contribution < 1.29 is 27.1 Å². The molecule has 34 heavy (non-hydrogen) atoms. The normalized spacial score (nSPS) is 12.4. The first-order valence-electron chi connectivity index (χ1n) is 10.2. The van der Waals surface area contributed by atoms with Gasteiger partial charge in [-0.2, -0.15) is 9.30 Å². The van der Waals surface area contributed by atoms with Crippen molar-refractivity contribution in [1.29, 1.82) is 0 Å². The molecule has 1 heterocycles. The number of ether oxygens (including phenoxy) is 2. The van der Waals surface area contributed by atoms with Gasteiger partial charge in [0, 0.05) is 32.9 Å². The van der Waals surface area contributed by atoms with Crippen LogP contribution in [0.2, 0.25) is 0 Å². The molecule has 0 N–H and O–H groups in total. The van der Waals surface area contributed by atoms with E-state index in [1.54, 1.807) is 12.1 Å². The fraction of sp³-hybridized carbons (Fsp3) is 0.304. The Morgan fingerprint density at radius 3 is 2.38 bits per heavy atom. The van der Waals surface area contributed by atoms with Crippen molar-refractivity contribution >= 4 is 37.5 Å². The molecule has 0 radical (unpaired) electrons. The van der Waals surface area contributed by atoms with Gasteiger partial charge in [-0.25, -0.2) is 12.8 Å². The lowest BCUT2D eigenvalue weighted by molar-refractivity contribution is 0.0997. The second-order valence-corrected chi connectivity index (χ2v) is 10.0. The van der Waals surface area contributed by atoms with Gasteiger partial charge in [-0.15, -0.1) is 6.42 Å². The molecule has 0 aliphatic heterocycles. The van der Waals surface area contributed by atoms with Gasteiger partial charge in [0.2, 0.25) is 10.0 Å². The fourth-order valence-corrected chi connectivity index (χ4v) is 5.67. The molecule has 3 rings (SSSR count). The van der Waals surface area contributed by atoms with Crippen LogP contribution in [0.15, 0.2) is 52.4 Å². The van der Waals surface area contributed by atoms with Crippen molar-refractivity contribution in [3.05, 3.63) is 58.6 Å². The standard InChI is InChI=1S/C23H24FN3O5S2/c1-4-12-27-21-19(24)6-5-7-20(21)33-23(27)25-22(28)17-8-10-18(11-9-17)34(29,30)26(13-15-31-2)14-16-32-3/h1,5-11H,12-16H2,2-3H3. The number of carbonyl (C=O) groups is 1. The molecule has 1 amide bonds. The molecule has 0 fully saturated rings. The number of amides is 1. The molecule has 0 spiro atoms. The van der Waals surface area contributed by atoms with Crippen LogP contribution in [0.25, 0.3) is 10.2 Å². The zero-order chi connectivity index (χ0) is 24.7. The topological polar surface area (TPSA) is 90.2 Å². The van der Waals surface area contributed by atoms with E-state index >= 15 is 0 Å². The number of nitrogens with zero attached hydrogens (tertiary/aromatic N) is 3. The lowest BCUT2D eigenvalue weighted by atomic mass is 10.2. The van der Waals surface area contributed by atoms with Gasteiger partial charge in [0.25, 0.3) is 5.91 Å². The van der Waals surface area contributed by atoms with E-state index in [0.29, 0.717) is 4.70 Å². The zero-order valence-corrected chi connectivity index (χ0v) is 20.4. The van der Waals surface area contributed by atoms with Crippen LogP contribution >= 0.6 is 11.3 Å². The van der Waals surface area contributed by atoms with Crippen LogP contribution in [0, 0.1) is 18.2 Å². The largest absolute Gasteiger partial charge is 0.383 e. The van der Waals surface area contributed by atoms with Crippen LogP contribution in [-0.2, 0) is 26.0 Å². The lowest BCUT2D eigenvalue weighted by Gasteiger charge is -2.21. The van der Waals surface area contributed by atoms with E-state index in [2.05, 4.69) is 10.9 Å². The van der Waals surface area contributed by atoms with E-state index < -0.39 is 21.7 Å². The minimum absolute atomic E-state index is 0.0302. The van der Waals surface area contributed by atoms with Crippen LogP contribution in [0.5, 0.6) is 0 Å². The molecule has 0 atom stereocenters. The van der Waals surface area contributed by atoms with E-state index in [4.69, 9.17) is 15.9 Å². The van der Waals surface area contributed by atoms with Gasteiger partial charge in [0.1, 0.15) is 5.82 Å². The monoisotopic (exact) mass is 505 g/mol. The van der Waals surface area contributed by atoms with Crippen LogP contribution in [0.3, 0.4) is 0 Å². The maximum Gasteiger partial charge on any atom is 0.279 e. The molecular formula is C23H24FN3O5S2. The van der Waals surface area contributed by atoms with Crippen LogP contribution in [0.1, 0.15) is 10.4 Å². The number of carbonyl (C=O) groups excluding carboxylic acids is 1. The van der Waals surface area contributed by atoms with Crippen LogP contribution in [-0.4, -0.2) is 63.7 Å². The summed E-state index contributed by atoms with van der Waals surface area (Å²) < 4.78 is 53.7. The maximum atomic E-state index is 14.3. The molecule has 0 aliphatic rings. The minimum Gasteiger partial charge on any atom is -0.383 e. The summed E-state index contributed by atoms with van der Waals surface area (Å²) in [6.45, 7) is 0.826. The number of terminal acetylenes is 1. The smallest absolute Gasteiger partial charge is 0.279 e. The minimum atomic E-state index is -3.82. The summed E-state index contributed by atoms with van der Waals surface area (Å²) in [6, 6.07) is 10.1. The molecule has 2 aromatic carbocycles. The first-order chi connectivity index (χ1) is 16.3. The van der Waals surface area contributed by atoms with Crippen molar-refractivity contribution in [2.45, 2.75) is 11.4 Å². The van der Waals surface area contributed by atoms with Gasteiger partial charge in [-0.05, 0) is 36.4 Å². The number of benzene rings is 2. The van der Waals surface area contributed by atoms with Crippen LogP contribution < -0.4 is 4.80 Å². The molecule has 11 heteroatoms. The third kappa shape index (κ3) is 5.60. The van der Waals surface area contributed by atoms with Gasteiger partial charge in [-0.3, -0.25) is 4.79 Å². The summed E-state index contributed by atoms with van der Waals surface area (Å²) in [4.78, 5) is 17.2. The van der Waals surface area contributed by atoms with E-state index in [0.717, 1.165) is 11.3 Å². The zero-order valence-electron chi connectivity index (χ0n) is 18.7. The second kappa shape index (κ2) is 11.5. The Balaban J connectivity index is 1.92. The Labute approximate surface area is 201 Å². The number of fused-ring (bicyclic) bond motifs is 1. The van der Waals surface area contributed by atoms with Gasteiger partial charge in [0.05, 0.1) is 34.9 Å². The number of hydrogen-bond acceptors (Lipinski definition) is 6. The molecule has 180 valence electrons. The quantitative estimate of drug-likeness (QED) is 0.395. The van der Waals surface area contributed by atoms with Gasteiger partial charge in [0.15, 0.2) is 4.80 Å². The molecule has 0 saturated heterocycles. The summed E-state index contributed by atoms with van der Waals surface area (Å²) in [7, 11) is -0.839. The number of aromatic nitrogens is 1. The van der Waals surface area contributed by atoms with E-state index in [9.17, 15) is 17.6 Å². The third-order valence-electron chi connectivity index (χ3n) is 4.93. The Morgan fingerprint density at radius 1 is 1.15 bits per heavy atom. The molecule has 0 saturated carbocycles. The van der Waals surface area contributed by atoms with E-state index in [1.165, 1.54) is 53.4 Å². The Hall–Kier alpha value is -2.88. The Bertz CT molecular complexity index is 1360. The van der Waals surface area contributed by atoms with Crippen molar-refractivity contribution in [3.8, 4) is 12.3 Å². The first-order valence-corrected chi connectivity index (χ1v) is 12.5. The highest BCUT2D eigenvalue weighted by Gasteiger charge is 2.24.